The van der Waals surface area contributed by atoms with Crippen molar-refractivity contribution in [2.24, 2.45) is 0 Å². The van der Waals surface area contributed by atoms with Crippen molar-refractivity contribution in [1.82, 2.24) is 0 Å². The fourth-order valence-electron chi connectivity index (χ4n) is 2.06. The maximum atomic E-state index is 12.7. The van der Waals surface area contributed by atoms with E-state index in [0.717, 1.165) is 12.1 Å². The first-order valence-electron chi connectivity index (χ1n) is 7.17. The summed E-state index contributed by atoms with van der Waals surface area (Å²) in [6.45, 7) is -0.441. The van der Waals surface area contributed by atoms with Crippen molar-refractivity contribution >= 4 is 40.5 Å². The van der Waals surface area contributed by atoms with Crippen LogP contribution in [0.2, 0.25) is 0 Å². The van der Waals surface area contributed by atoms with E-state index in [0.29, 0.717) is 15.4 Å². The van der Waals surface area contributed by atoms with Gasteiger partial charge in [-0.1, -0.05) is 6.07 Å². The predicted octanol–water partition coefficient (Wildman–Crippen LogP) is 4.15. The van der Waals surface area contributed by atoms with Crippen molar-refractivity contribution < 1.29 is 32.2 Å². The van der Waals surface area contributed by atoms with E-state index < -0.39 is 24.3 Å². The zero-order chi connectivity index (χ0) is 19.3. The van der Waals surface area contributed by atoms with E-state index in [-0.39, 0.29) is 17.2 Å². The number of carbonyl (C=O) groups is 2. The van der Waals surface area contributed by atoms with Crippen LogP contribution in [0.25, 0.3) is 0 Å². The third-order valence-electron chi connectivity index (χ3n) is 3.21. The lowest BCUT2D eigenvalue weighted by atomic mass is 10.2. The molecule has 5 nitrogen and oxygen atoms in total. The van der Waals surface area contributed by atoms with E-state index in [1.54, 1.807) is 6.07 Å². The van der Waals surface area contributed by atoms with Gasteiger partial charge in [-0.2, -0.15) is 13.2 Å². The second-order valence-electron chi connectivity index (χ2n) is 5.07. The van der Waals surface area contributed by atoms with Gasteiger partial charge in [-0.25, -0.2) is 0 Å². The molecule has 1 amide bonds. The van der Waals surface area contributed by atoms with Crippen LogP contribution in [0.4, 0.5) is 18.9 Å². The molecule has 0 heterocycles. The molecule has 26 heavy (non-hydrogen) atoms. The summed E-state index contributed by atoms with van der Waals surface area (Å²) in [5.74, 6) is -0.106. The molecule has 0 radical (unpaired) electrons. The first kappa shape index (κ1) is 20.0. The van der Waals surface area contributed by atoms with Gasteiger partial charge < -0.3 is 14.8 Å². The Morgan fingerprint density at radius 2 is 2.00 bits per heavy atom. The van der Waals surface area contributed by atoms with Crippen LogP contribution in [0.15, 0.2) is 36.4 Å². The molecule has 9 heteroatoms. The van der Waals surface area contributed by atoms with Gasteiger partial charge in [0.05, 0.1) is 16.2 Å². The summed E-state index contributed by atoms with van der Waals surface area (Å²) in [5, 5.41) is 2.34. The first-order valence-corrected chi connectivity index (χ1v) is 8.25. The normalized spacial score (nSPS) is 11.0. The molecule has 0 unspecified atom stereocenters. The summed E-state index contributed by atoms with van der Waals surface area (Å²) in [6.07, 6.45) is -3.85. The van der Waals surface area contributed by atoms with Gasteiger partial charge in [0.1, 0.15) is 6.29 Å². The number of anilines is 1. The maximum absolute atomic E-state index is 12.7. The van der Waals surface area contributed by atoms with Crippen LogP contribution in [0.3, 0.4) is 0 Å². The average molecular weight is 479 g/mol. The highest BCUT2D eigenvalue weighted by Crippen LogP contribution is 2.34. The molecule has 0 saturated heterocycles. The van der Waals surface area contributed by atoms with E-state index in [1.807, 2.05) is 22.6 Å². The zero-order valence-corrected chi connectivity index (χ0v) is 15.6. The number of amides is 1. The van der Waals surface area contributed by atoms with Crippen LogP contribution >= 0.6 is 22.6 Å². The summed E-state index contributed by atoms with van der Waals surface area (Å²) in [5.41, 5.74) is -0.477. The van der Waals surface area contributed by atoms with Crippen LogP contribution in [-0.4, -0.2) is 25.9 Å². The van der Waals surface area contributed by atoms with Gasteiger partial charge in [-0.3, -0.25) is 9.59 Å². The second-order valence-corrected chi connectivity index (χ2v) is 6.23. The zero-order valence-electron chi connectivity index (χ0n) is 13.4. The highest BCUT2D eigenvalue weighted by atomic mass is 127. The number of methoxy groups -OCH3 is 1. The number of carbonyl (C=O) groups excluding carboxylic acids is 2. The topological polar surface area (TPSA) is 64.6 Å². The molecule has 138 valence electrons. The standard InChI is InChI=1S/C17H13F3INO4/c1-25-14-6-10(8-23)5-13(21)16(14)26-9-15(24)22-12-4-2-3-11(7-12)17(18,19)20/h2-8H,9H2,1H3,(H,22,24). The molecule has 1 N–H and O–H groups in total. The molecule has 0 bridgehead atoms. The molecular formula is C17H13F3INO4. The molecule has 0 atom stereocenters. The van der Waals surface area contributed by atoms with Crippen LogP contribution in [0.5, 0.6) is 11.5 Å². The van der Waals surface area contributed by atoms with Crippen LogP contribution in [0, 0.1) is 3.57 Å². The number of benzene rings is 2. The average Bonchev–Trinajstić information content (AvgIpc) is 2.59. The van der Waals surface area contributed by atoms with E-state index in [4.69, 9.17) is 9.47 Å². The third-order valence-corrected chi connectivity index (χ3v) is 4.01. The summed E-state index contributed by atoms with van der Waals surface area (Å²) in [4.78, 5) is 22.8. The molecule has 0 saturated carbocycles. The molecule has 0 fully saturated rings. The third kappa shape index (κ3) is 5.10. The largest absolute Gasteiger partial charge is 0.493 e. The van der Waals surface area contributed by atoms with E-state index in [9.17, 15) is 22.8 Å². The van der Waals surface area contributed by atoms with Crippen molar-refractivity contribution in [1.29, 1.82) is 0 Å². The Labute approximate surface area is 160 Å². The molecule has 0 aliphatic heterocycles. The maximum Gasteiger partial charge on any atom is 0.416 e. The smallest absolute Gasteiger partial charge is 0.416 e. The van der Waals surface area contributed by atoms with Gasteiger partial charge in [-0.05, 0) is 52.9 Å². The molecule has 0 aromatic heterocycles. The summed E-state index contributed by atoms with van der Waals surface area (Å²) < 4.78 is 49.1. The number of alkyl halides is 3. The second kappa shape index (κ2) is 8.39. The number of nitrogens with one attached hydrogen (secondary N) is 1. The van der Waals surface area contributed by atoms with Crippen LogP contribution < -0.4 is 14.8 Å². The monoisotopic (exact) mass is 479 g/mol. The lowest BCUT2D eigenvalue weighted by molar-refractivity contribution is -0.137. The number of rotatable bonds is 6. The van der Waals surface area contributed by atoms with Gasteiger partial charge in [0.15, 0.2) is 18.1 Å². The quantitative estimate of drug-likeness (QED) is 0.500. The fraction of sp³-hybridized carbons (Fsp3) is 0.176. The van der Waals surface area contributed by atoms with E-state index in [2.05, 4.69) is 5.32 Å². The Hall–Kier alpha value is -2.30. The number of aldehydes is 1. The predicted molar refractivity (Wildman–Crippen MR) is 96.7 cm³/mol. The van der Waals surface area contributed by atoms with Crippen molar-refractivity contribution in [2.45, 2.75) is 6.18 Å². The Morgan fingerprint density at radius 1 is 1.27 bits per heavy atom. The summed E-state index contributed by atoms with van der Waals surface area (Å²) >= 11 is 1.92. The Morgan fingerprint density at radius 3 is 2.62 bits per heavy atom. The number of halogens is 4. The molecular weight excluding hydrogens is 466 g/mol. The minimum absolute atomic E-state index is 0.00592. The van der Waals surface area contributed by atoms with Crippen molar-refractivity contribution in [3.8, 4) is 11.5 Å². The fourth-order valence-corrected chi connectivity index (χ4v) is 2.84. The van der Waals surface area contributed by atoms with E-state index in [1.165, 1.54) is 25.3 Å². The van der Waals surface area contributed by atoms with Crippen LogP contribution in [-0.2, 0) is 11.0 Å². The lowest BCUT2D eigenvalue weighted by Crippen LogP contribution is -2.21. The number of hydrogen-bond donors (Lipinski definition) is 1. The van der Waals surface area contributed by atoms with E-state index >= 15 is 0 Å². The summed E-state index contributed by atoms with van der Waals surface area (Å²) in [6, 6.07) is 7.29. The molecule has 2 aromatic rings. The van der Waals surface area contributed by atoms with Crippen LogP contribution in [0.1, 0.15) is 15.9 Å². The van der Waals surface area contributed by atoms with Gasteiger partial charge in [0.2, 0.25) is 0 Å². The minimum Gasteiger partial charge on any atom is -0.493 e. The highest BCUT2D eigenvalue weighted by molar-refractivity contribution is 14.1. The molecule has 2 rings (SSSR count). The first-order chi connectivity index (χ1) is 12.2. The Kier molecular flexibility index (Phi) is 6.46. The van der Waals surface area contributed by atoms with Crippen molar-refractivity contribution in [3.05, 3.63) is 51.1 Å². The minimum atomic E-state index is -4.50. The van der Waals surface area contributed by atoms with Gasteiger partial charge in [0.25, 0.3) is 5.91 Å². The highest BCUT2D eigenvalue weighted by Gasteiger charge is 2.30. The molecule has 0 aliphatic rings. The molecule has 2 aromatic carbocycles. The lowest BCUT2D eigenvalue weighted by Gasteiger charge is -2.14. The molecule has 0 spiro atoms. The SMILES string of the molecule is COc1cc(C=O)cc(I)c1OCC(=O)Nc1cccc(C(F)(F)F)c1. The Bertz CT molecular complexity index is 824. The van der Waals surface area contributed by atoms with Gasteiger partial charge in [-0.15, -0.1) is 0 Å². The van der Waals surface area contributed by atoms with Crippen molar-refractivity contribution in [3.63, 3.8) is 0 Å². The van der Waals surface area contributed by atoms with Gasteiger partial charge >= 0.3 is 6.18 Å². The van der Waals surface area contributed by atoms with Crippen molar-refractivity contribution in [2.75, 3.05) is 19.0 Å². The summed E-state index contributed by atoms with van der Waals surface area (Å²) in [7, 11) is 1.38. The molecule has 0 aliphatic carbocycles. The number of ether oxygens (including phenoxy) is 2. The number of hydrogen-bond acceptors (Lipinski definition) is 4. The van der Waals surface area contributed by atoms with Gasteiger partial charge in [0, 0.05) is 11.3 Å². The Balaban J connectivity index is 2.07.